The van der Waals surface area contributed by atoms with Crippen molar-refractivity contribution in [3.8, 4) is 0 Å². The monoisotopic (exact) mass is 850 g/mol. The molecule has 3 fully saturated rings. The average Bonchev–Trinajstić information content (AvgIpc) is 2.97. The van der Waals surface area contributed by atoms with E-state index in [9.17, 15) is 78.2 Å². The first-order valence-electron chi connectivity index (χ1n) is 13.8. The van der Waals surface area contributed by atoms with Gasteiger partial charge in [0.25, 0.3) is 0 Å². The Balaban J connectivity index is 2.04. The van der Waals surface area contributed by atoms with Crippen LogP contribution < -0.4 is 9.44 Å². The third-order valence-corrected chi connectivity index (χ3v) is 9.39. The molecular weight excluding hydrogens is 816 g/mol. The third kappa shape index (κ3) is 12.0. The predicted octanol–water partition coefficient (Wildman–Crippen LogP) is -8.37. The van der Waals surface area contributed by atoms with Crippen molar-refractivity contribution in [1.29, 1.82) is 0 Å². The molecular formula is C19H34N2O27S4. The van der Waals surface area contributed by atoms with E-state index in [0.717, 1.165) is 7.11 Å². The largest absolute Gasteiger partial charge is 0.479 e. The second-order valence-corrected chi connectivity index (χ2v) is 15.4. The number of carboxylic acid groups (broad SMARTS) is 1. The van der Waals surface area contributed by atoms with Crippen molar-refractivity contribution in [3.05, 3.63) is 0 Å². The number of rotatable bonds is 16. The van der Waals surface area contributed by atoms with Crippen LogP contribution in [0.4, 0.5) is 0 Å². The first kappa shape index (κ1) is 44.9. The molecule has 0 aromatic rings. The first-order chi connectivity index (χ1) is 23.7. The van der Waals surface area contributed by atoms with E-state index in [4.69, 9.17) is 37.5 Å². The molecule has 12 N–H and O–H groups in total. The van der Waals surface area contributed by atoms with Crippen LogP contribution in [-0.2, 0) is 83.0 Å². The maximum Gasteiger partial charge on any atom is 0.397 e. The van der Waals surface area contributed by atoms with Crippen LogP contribution in [0.3, 0.4) is 0 Å². The predicted molar refractivity (Wildman–Crippen MR) is 152 cm³/mol. The van der Waals surface area contributed by atoms with Gasteiger partial charge in [0.15, 0.2) is 31.1 Å². The van der Waals surface area contributed by atoms with Crippen molar-refractivity contribution >= 4 is 47.4 Å². The summed E-state index contributed by atoms with van der Waals surface area (Å²) in [7, 11) is -20.6. The number of hydrogen-bond donors (Lipinski definition) is 12. The molecule has 0 unspecified atom stereocenters. The van der Waals surface area contributed by atoms with Gasteiger partial charge in [-0.25, -0.2) is 13.2 Å². The number of methoxy groups -OCH3 is 1. The topological polar surface area (TPSA) is 454 Å². The molecule has 3 aliphatic heterocycles. The highest BCUT2D eigenvalue weighted by molar-refractivity contribution is 7.84. The van der Waals surface area contributed by atoms with Crippen molar-refractivity contribution in [2.75, 3.05) is 20.3 Å². The van der Waals surface area contributed by atoms with Gasteiger partial charge in [-0.1, -0.05) is 0 Å². The Hall–Kier alpha value is -1.49. The zero-order valence-corrected chi connectivity index (χ0v) is 28.9. The second-order valence-electron chi connectivity index (χ2n) is 10.9. The lowest BCUT2D eigenvalue weighted by molar-refractivity contribution is -0.358. The molecule has 0 aliphatic carbocycles. The minimum Gasteiger partial charge on any atom is -0.479 e. The van der Waals surface area contributed by atoms with Crippen LogP contribution in [-0.4, -0.2) is 201 Å². The summed E-state index contributed by atoms with van der Waals surface area (Å²) in [4.78, 5) is 12.4. The van der Waals surface area contributed by atoms with Gasteiger partial charge in [0.05, 0.1) is 13.2 Å². The van der Waals surface area contributed by atoms with Gasteiger partial charge in [-0.3, -0.25) is 18.2 Å². The number of carbonyl (C=O) groups is 1. The average molecular weight is 851 g/mol. The molecule has 3 saturated heterocycles. The van der Waals surface area contributed by atoms with Crippen molar-refractivity contribution in [2.45, 2.75) is 92.0 Å². The number of aliphatic hydroxyl groups is 5. The van der Waals surface area contributed by atoms with Gasteiger partial charge in [0, 0.05) is 7.11 Å². The zero-order valence-electron chi connectivity index (χ0n) is 25.6. The van der Waals surface area contributed by atoms with Crippen LogP contribution in [0.5, 0.6) is 0 Å². The van der Waals surface area contributed by atoms with E-state index in [-0.39, 0.29) is 0 Å². The molecule has 0 radical (unpaired) electrons. The minimum atomic E-state index is -5.73. The van der Waals surface area contributed by atoms with Gasteiger partial charge >= 0.3 is 47.4 Å². The quantitative estimate of drug-likeness (QED) is 0.0642. The highest BCUT2D eigenvalue weighted by atomic mass is 32.3. The van der Waals surface area contributed by atoms with Crippen LogP contribution in [0, 0.1) is 0 Å². The standard InChI is InChI=1S/C19H34N2O27S4/c1-41-11-5(3-42-51(35,36)37)44-18(7(9(11)24)21-50(32,33)34)46-13-10(25)14(48-52(38,39)40)19(47-15(13)16(26)27)45-12-4(2-22)43-17(28)6(8(12)23)20-49(29,30)31/h4-15,17-25,28H,2-3H2,1H3,(H,26,27)(H,29,30,31)(H,32,33,34)(H,35,36,37)(H,38,39,40)/t4-,5-,6-,7-,8-,9-,10+,11-,12-,13+,14-,15-,17+,18+,19-/m1/s1. The molecule has 0 spiro atoms. The van der Waals surface area contributed by atoms with E-state index in [2.05, 4.69) is 8.37 Å². The fourth-order valence-electron chi connectivity index (χ4n) is 5.30. The summed E-state index contributed by atoms with van der Waals surface area (Å²) in [5.41, 5.74) is 0. The Morgan fingerprint density at radius 2 is 1.21 bits per heavy atom. The smallest absolute Gasteiger partial charge is 0.397 e. The van der Waals surface area contributed by atoms with Crippen LogP contribution in [0.15, 0.2) is 0 Å². The molecule has 3 heterocycles. The molecule has 0 aromatic carbocycles. The van der Waals surface area contributed by atoms with Crippen molar-refractivity contribution in [3.63, 3.8) is 0 Å². The Bertz CT molecular complexity index is 1680. The maximum atomic E-state index is 12.4. The molecule has 0 amide bonds. The SMILES string of the molecule is CO[C@H]1[C@H](O)[C@@H](NS(=O)(=O)O)[C@H](O[C@H]2[C@H](O)[C@@H](OS(=O)(=O)O)[C@H](O[C@H]3[C@H](O)[C@@H](NS(=O)(=O)O)[C@@H](O)O[C@@H]3CO)O[C@H]2C(=O)O)O[C@@H]1COS(=O)(=O)O. The molecule has 3 aliphatic rings. The summed E-state index contributed by atoms with van der Waals surface area (Å²) in [6.07, 6.45) is -30.5. The highest BCUT2D eigenvalue weighted by Gasteiger charge is 2.57. The van der Waals surface area contributed by atoms with Gasteiger partial charge < -0.3 is 59.1 Å². The Kier molecular flexibility index (Phi) is 14.8. The van der Waals surface area contributed by atoms with E-state index in [0.29, 0.717) is 0 Å². The summed E-state index contributed by atoms with van der Waals surface area (Å²) in [6.45, 7) is -2.40. The summed E-state index contributed by atoms with van der Waals surface area (Å²) < 4.78 is 171. The summed E-state index contributed by atoms with van der Waals surface area (Å²) >= 11 is 0. The van der Waals surface area contributed by atoms with E-state index in [1.807, 2.05) is 0 Å². The van der Waals surface area contributed by atoms with Crippen LogP contribution in [0.2, 0.25) is 0 Å². The lowest BCUT2D eigenvalue weighted by Gasteiger charge is -2.48. The lowest BCUT2D eigenvalue weighted by atomic mass is 9.95. The van der Waals surface area contributed by atoms with Gasteiger partial charge in [-0.05, 0) is 0 Å². The second kappa shape index (κ2) is 17.1. The number of aliphatic hydroxyl groups excluding tert-OH is 5. The Morgan fingerprint density at radius 1 is 0.673 bits per heavy atom. The van der Waals surface area contributed by atoms with E-state index in [1.165, 1.54) is 9.44 Å². The van der Waals surface area contributed by atoms with E-state index < -0.39 is 153 Å². The van der Waals surface area contributed by atoms with Gasteiger partial charge in [0.2, 0.25) is 0 Å². The number of carboxylic acids is 1. The maximum absolute atomic E-state index is 12.4. The van der Waals surface area contributed by atoms with Gasteiger partial charge in [-0.15, -0.1) is 0 Å². The number of aliphatic carboxylic acids is 1. The van der Waals surface area contributed by atoms with E-state index >= 15 is 0 Å². The molecule has 3 rings (SSSR count). The molecule has 52 heavy (non-hydrogen) atoms. The fourth-order valence-corrected chi connectivity index (χ4v) is 7.29. The normalized spacial score (nSPS) is 39.6. The van der Waals surface area contributed by atoms with Crippen molar-refractivity contribution < 1.29 is 124 Å². The van der Waals surface area contributed by atoms with Crippen LogP contribution in [0.1, 0.15) is 0 Å². The summed E-state index contributed by atoms with van der Waals surface area (Å²) in [5, 5.41) is 62.6. The molecule has 15 atom stereocenters. The van der Waals surface area contributed by atoms with Gasteiger partial charge in [-0.2, -0.15) is 43.1 Å². The van der Waals surface area contributed by atoms with Gasteiger partial charge in [0.1, 0.15) is 60.9 Å². The zero-order chi connectivity index (χ0) is 39.7. The number of hydrogen-bond acceptors (Lipinski definition) is 22. The van der Waals surface area contributed by atoms with Crippen LogP contribution in [0.25, 0.3) is 0 Å². The molecule has 306 valence electrons. The van der Waals surface area contributed by atoms with E-state index in [1.54, 1.807) is 0 Å². The summed E-state index contributed by atoms with van der Waals surface area (Å²) in [6, 6.07) is -4.48. The first-order valence-corrected chi connectivity index (χ1v) is 19.4. The minimum absolute atomic E-state index is 0.886. The lowest BCUT2D eigenvalue weighted by Crippen LogP contribution is -2.70. The Labute approximate surface area is 292 Å². The molecule has 0 aromatic heterocycles. The third-order valence-electron chi connectivity index (χ3n) is 7.35. The molecule has 0 bridgehead atoms. The summed E-state index contributed by atoms with van der Waals surface area (Å²) in [5.74, 6) is -2.12. The van der Waals surface area contributed by atoms with Crippen molar-refractivity contribution in [2.24, 2.45) is 0 Å². The molecule has 29 nitrogen and oxygen atoms in total. The molecule has 0 saturated carbocycles. The fraction of sp³-hybridized carbons (Fsp3) is 0.947. The van der Waals surface area contributed by atoms with Crippen molar-refractivity contribution in [1.82, 2.24) is 9.44 Å². The Morgan fingerprint density at radius 3 is 1.69 bits per heavy atom. The number of ether oxygens (including phenoxy) is 6. The highest BCUT2D eigenvalue weighted by Crippen LogP contribution is 2.34. The van der Waals surface area contributed by atoms with Crippen LogP contribution >= 0.6 is 0 Å². The molecule has 33 heteroatoms. The number of nitrogens with one attached hydrogen (secondary N) is 2.